The van der Waals surface area contributed by atoms with E-state index in [4.69, 9.17) is 0 Å². The van der Waals surface area contributed by atoms with E-state index in [1.165, 1.54) is 16.7 Å². The molecule has 124 valence electrons. The maximum atomic E-state index is 12.9. The number of aryl methyl sites for hydroxylation is 2. The van der Waals surface area contributed by atoms with Gasteiger partial charge in [0.05, 0.1) is 17.5 Å². The number of hydrogen-bond donors (Lipinski definition) is 1. The van der Waals surface area contributed by atoms with Crippen molar-refractivity contribution in [3.05, 3.63) is 62.5 Å². The van der Waals surface area contributed by atoms with E-state index in [0.29, 0.717) is 23.6 Å². The molecule has 0 saturated heterocycles. The van der Waals surface area contributed by atoms with Gasteiger partial charge >= 0.3 is 5.97 Å². The number of thiophene rings is 1. The van der Waals surface area contributed by atoms with Crippen LogP contribution in [0.2, 0.25) is 0 Å². The van der Waals surface area contributed by atoms with Gasteiger partial charge in [0.25, 0.3) is 5.56 Å². The molecule has 5 nitrogen and oxygen atoms in total. The normalized spacial score (nSPS) is 11.1. The highest BCUT2D eigenvalue weighted by molar-refractivity contribution is 7.17. The van der Waals surface area contributed by atoms with E-state index in [0.717, 1.165) is 17.5 Å². The van der Waals surface area contributed by atoms with Gasteiger partial charge in [0.1, 0.15) is 10.7 Å². The minimum Gasteiger partial charge on any atom is -0.478 e. The Morgan fingerprint density at radius 2 is 2.00 bits per heavy atom. The Balaban J connectivity index is 2.19. The number of carboxylic acid groups (broad SMARTS) is 1. The summed E-state index contributed by atoms with van der Waals surface area (Å²) in [7, 11) is 0. The zero-order chi connectivity index (χ0) is 17.3. The first-order valence-corrected chi connectivity index (χ1v) is 8.69. The zero-order valence-corrected chi connectivity index (χ0v) is 14.4. The minimum absolute atomic E-state index is 0.0354. The fraction of sp³-hybridized carbons (Fsp3) is 0.278. The van der Waals surface area contributed by atoms with Crippen molar-refractivity contribution in [2.75, 3.05) is 0 Å². The van der Waals surface area contributed by atoms with Gasteiger partial charge in [0, 0.05) is 11.8 Å². The second-order valence-electron chi connectivity index (χ2n) is 5.79. The largest absolute Gasteiger partial charge is 0.478 e. The molecule has 2 aromatic heterocycles. The molecule has 0 unspecified atom stereocenters. The molecule has 0 atom stereocenters. The van der Waals surface area contributed by atoms with Crippen LogP contribution < -0.4 is 5.56 Å². The molecule has 0 aliphatic rings. The third kappa shape index (κ3) is 2.97. The van der Waals surface area contributed by atoms with Crippen molar-refractivity contribution in [2.24, 2.45) is 0 Å². The van der Waals surface area contributed by atoms with Crippen LogP contribution in [0.25, 0.3) is 10.2 Å². The maximum Gasteiger partial charge on any atom is 0.337 e. The molecule has 0 amide bonds. The van der Waals surface area contributed by atoms with E-state index in [1.807, 2.05) is 38.1 Å². The number of carboxylic acids is 1. The SMILES string of the molecule is CCCc1nc2scc(C(=O)O)c2c(=O)n1Cc1ccc(C)cc1. The van der Waals surface area contributed by atoms with Gasteiger partial charge in [-0.3, -0.25) is 9.36 Å². The first-order chi connectivity index (χ1) is 11.5. The standard InChI is InChI=1S/C18H18N2O3S/c1-3-4-14-19-16-15(13(10-24-16)18(22)23)17(21)20(14)9-12-7-5-11(2)6-8-12/h5-8,10H,3-4,9H2,1-2H3,(H,22,23). The summed E-state index contributed by atoms with van der Waals surface area (Å²) in [5, 5.41) is 11.0. The second-order valence-corrected chi connectivity index (χ2v) is 6.65. The number of hydrogen-bond acceptors (Lipinski definition) is 4. The fourth-order valence-corrected chi connectivity index (χ4v) is 3.60. The third-order valence-corrected chi connectivity index (χ3v) is 4.81. The number of carbonyl (C=O) groups is 1. The summed E-state index contributed by atoms with van der Waals surface area (Å²) in [5.74, 6) is -0.389. The fourth-order valence-electron chi connectivity index (χ4n) is 2.68. The van der Waals surface area contributed by atoms with Gasteiger partial charge in [0.15, 0.2) is 0 Å². The summed E-state index contributed by atoms with van der Waals surface area (Å²) < 4.78 is 1.61. The Morgan fingerprint density at radius 3 is 2.62 bits per heavy atom. The van der Waals surface area contributed by atoms with Gasteiger partial charge in [-0.05, 0) is 18.9 Å². The Labute approximate surface area is 143 Å². The quantitative estimate of drug-likeness (QED) is 0.771. The van der Waals surface area contributed by atoms with Crippen molar-refractivity contribution in [2.45, 2.75) is 33.2 Å². The van der Waals surface area contributed by atoms with Gasteiger partial charge in [-0.25, -0.2) is 9.78 Å². The highest BCUT2D eigenvalue weighted by Crippen LogP contribution is 2.22. The lowest BCUT2D eigenvalue weighted by Gasteiger charge is -2.12. The highest BCUT2D eigenvalue weighted by atomic mass is 32.1. The molecule has 1 N–H and O–H groups in total. The molecule has 3 aromatic rings. The van der Waals surface area contributed by atoms with E-state index in [2.05, 4.69) is 4.98 Å². The number of rotatable bonds is 5. The molecular weight excluding hydrogens is 324 g/mol. The molecule has 0 bridgehead atoms. The molecule has 1 aromatic carbocycles. The maximum absolute atomic E-state index is 12.9. The molecule has 2 heterocycles. The molecule has 0 saturated carbocycles. The van der Waals surface area contributed by atoms with Gasteiger partial charge in [-0.2, -0.15) is 0 Å². The molecule has 6 heteroatoms. The summed E-state index contributed by atoms with van der Waals surface area (Å²) in [4.78, 5) is 29.4. The number of nitrogens with zero attached hydrogens (tertiary/aromatic N) is 2. The zero-order valence-electron chi connectivity index (χ0n) is 13.6. The van der Waals surface area contributed by atoms with Crippen molar-refractivity contribution in [3.63, 3.8) is 0 Å². The van der Waals surface area contributed by atoms with Crippen LogP contribution in [0.15, 0.2) is 34.4 Å². The minimum atomic E-state index is -1.09. The monoisotopic (exact) mass is 342 g/mol. The molecular formula is C18H18N2O3S. The summed E-state index contributed by atoms with van der Waals surface area (Å²) in [5.41, 5.74) is 1.91. The third-order valence-electron chi connectivity index (χ3n) is 3.94. The number of aromatic nitrogens is 2. The van der Waals surface area contributed by atoms with E-state index in [9.17, 15) is 14.7 Å². The van der Waals surface area contributed by atoms with Crippen LogP contribution in [0, 0.1) is 6.92 Å². The van der Waals surface area contributed by atoms with Crippen LogP contribution in [0.5, 0.6) is 0 Å². The lowest BCUT2D eigenvalue weighted by molar-refractivity contribution is 0.0699. The van der Waals surface area contributed by atoms with Crippen molar-refractivity contribution >= 4 is 27.5 Å². The van der Waals surface area contributed by atoms with Crippen LogP contribution >= 0.6 is 11.3 Å². The van der Waals surface area contributed by atoms with E-state index >= 15 is 0 Å². The second kappa shape index (κ2) is 6.57. The van der Waals surface area contributed by atoms with Crippen LogP contribution in [0.3, 0.4) is 0 Å². The molecule has 0 fully saturated rings. The number of aromatic carboxylic acids is 1. The summed E-state index contributed by atoms with van der Waals surface area (Å²) >= 11 is 1.21. The van der Waals surface area contributed by atoms with Crippen molar-refractivity contribution in [1.82, 2.24) is 9.55 Å². The van der Waals surface area contributed by atoms with Crippen molar-refractivity contribution in [1.29, 1.82) is 0 Å². The molecule has 3 rings (SSSR count). The molecule has 0 radical (unpaired) electrons. The van der Waals surface area contributed by atoms with Gasteiger partial charge < -0.3 is 5.11 Å². The molecule has 0 aliphatic heterocycles. The van der Waals surface area contributed by atoms with Gasteiger partial charge in [0.2, 0.25) is 0 Å². The van der Waals surface area contributed by atoms with Crippen molar-refractivity contribution in [3.8, 4) is 0 Å². The average molecular weight is 342 g/mol. The van der Waals surface area contributed by atoms with Crippen LogP contribution in [0.1, 0.15) is 40.7 Å². The summed E-state index contributed by atoms with van der Waals surface area (Å²) in [6, 6.07) is 7.96. The van der Waals surface area contributed by atoms with E-state index < -0.39 is 5.97 Å². The smallest absolute Gasteiger partial charge is 0.337 e. The lowest BCUT2D eigenvalue weighted by Crippen LogP contribution is -2.26. The Kier molecular flexibility index (Phi) is 4.49. The van der Waals surface area contributed by atoms with E-state index in [-0.39, 0.29) is 16.5 Å². The highest BCUT2D eigenvalue weighted by Gasteiger charge is 2.19. The van der Waals surface area contributed by atoms with Crippen LogP contribution in [-0.4, -0.2) is 20.6 Å². The summed E-state index contributed by atoms with van der Waals surface area (Å²) in [6.07, 6.45) is 1.54. The number of fused-ring (bicyclic) bond motifs is 1. The Morgan fingerprint density at radius 1 is 1.29 bits per heavy atom. The summed E-state index contributed by atoms with van der Waals surface area (Å²) in [6.45, 7) is 4.44. The predicted octanol–water partition coefficient (Wildman–Crippen LogP) is 3.47. The molecule has 24 heavy (non-hydrogen) atoms. The average Bonchev–Trinajstić information content (AvgIpc) is 2.97. The molecule has 0 spiro atoms. The first kappa shape index (κ1) is 16.4. The van der Waals surface area contributed by atoms with Crippen LogP contribution in [0.4, 0.5) is 0 Å². The topological polar surface area (TPSA) is 72.2 Å². The first-order valence-electron chi connectivity index (χ1n) is 7.81. The Bertz CT molecular complexity index is 955. The number of benzene rings is 1. The predicted molar refractivity (Wildman–Crippen MR) is 95.1 cm³/mol. The van der Waals surface area contributed by atoms with Crippen LogP contribution in [-0.2, 0) is 13.0 Å². The Hall–Kier alpha value is -2.47. The van der Waals surface area contributed by atoms with E-state index in [1.54, 1.807) is 4.57 Å². The van der Waals surface area contributed by atoms with Gasteiger partial charge in [-0.1, -0.05) is 36.8 Å². The van der Waals surface area contributed by atoms with Crippen molar-refractivity contribution < 1.29 is 9.90 Å². The lowest BCUT2D eigenvalue weighted by atomic mass is 10.1. The van der Waals surface area contributed by atoms with Gasteiger partial charge in [-0.15, -0.1) is 11.3 Å². The molecule has 0 aliphatic carbocycles.